The minimum absolute atomic E-state index is 0.0150. The fourth-order valence-corrected chi connectivity index (χ4v) is 3.66. The third-order valence-electron chi connectivity index (χ3n) is 4.68. The number of hydrogen-bond acceptors (Lipinski definition) is 5. The van der Waals surface area contributed by atoms with E-state index in [0.717, 1.165) is 17.5 Å². The second kappa shape index (κ2) is 8.52. The van der Waals surface area contributed by atoms with E-state index < -0.39 is 9.84 Å². The Labute approximate surface area is 164 Å². The van der Waals surface area contributed by atoms with Crippen molar-refractivity contribution in [3.8, 4) is 11.3 Å². The highest BCUT2D eigenvalue weighted by molar-refractivity contribution is 7.90. The summed E-state index contributed by atoms with van der Waals surface area (Å²) in [6, 6.07) is 13.0. The van der Waals surface area contributed by atoms with E-state index in [1.54, 1.807) is 22.1 Å². The number of aromatic nitrogens is 1. The predicted octanol–water partition coefficient (Wildman–Crippen LogP) is 1.47. The number of benzene rings is 1. The molecule has 0 aliphatic carbocycles. The first kappa shape index (κ1) is 20.0. The first-order valence-corrected chi connectivity index (χ1v) is 11.2. The highest BCUT2D eigenvalue weighted by Crippen LogP contribution is 2.19. The summed E-state index contributed by atoms with van der Waals surface area (Å²) >= 11 is 0. The van der Waals surface area contributed by atoms with E-state index in [1.165, 1.54) is 0 Å². The molecule has 1 aromatic heterocycles. The van der Waals surface area contributed by atoms with Crippen molar-refractivity contribution in [3.05, 3.63) is 54.2 Å². The number of pyridine rings is 1. The van der Waals surface area contributed by atoms with Crippen LogP contribution in [0.15, 0.2) is 48.7 Å². The van der Waals surface area contributed by atoms with Crippen molar-refractivity contribution in [3.63, 3.8) is 0 Å². The van der Waals surface area contributed by atoms with Crippen LogP contribution in [0.2, 0.25) is 0 Å². The molecular formula is C20H23N3O4S. The van der Waals surface area contributed by atoms with E-state index in [0.29, 0.717) is 31.7 Å². The van der Waals surface area contributed by atoms with Gasteiger partial charge in [0.1, 0.15) is 9.84 Å². The Kier molecular flexibility index (Phi) is 6.08. The Morgan fingerprint density at radius 2 is 1.71 bits per heavy atom. The van der Waals surface area contributed by atoms with E-state index in [-0.39, 0.29) is 24.0 Å². The quantitative estimate of drug-likeness (QED) is 0.757. The van der Waals surface area contributed by atoms with E-state index in [4.69, 9.17) is 0 Å². The van der Waals surface area contributed by atoms with Gasteiger partial charge < -0.3 is 9.80 Å². The molecule has 1 fully saturated rings. The van der Waals surface area contributed by atoms with Crippen LogP contribution in [-0.2, 0) is 14.6 Å². The van der Waals surface area contributed by atoms with Gasteiger partial charge in [-0.3, -0.25) is 14.6 Å². The second-order valence-corrected chi connectivity index (χ2v) is 9.11. The minimum Gasteiger partial charge on any atom is -0.339 e. The Balaban J connectivity index is 1.60. The molecule has 0 N–H and O–H groups in total. The Morgan fingerprint density at radius 3 is 2.36 bits per heavy atom. The monoisotopic (exact) mass is 401 g/mol. The summed E-state index contributed by atoms with van der Waals surface area (Å²) in [6.45, 7) is 1.68. The number of carbonyl (C=O) groups excluding carboxylic acids is 2. The van der Waals surface area contributed by atoms with Crippen molar-refractivity contribution >= 4 is 21.7 Å². The molecule has 2 amide bonds. The topological polar surface area (TPSA) is 87.7 Å². The molecule has 0 atom stereocenters. The van der Waals surface area contributed by atoms with Crippen LogP contribution in [-0.4, -0.2) is 73.2 Å². The summed E-state index contributed by atoms with van der Waals surface area (Å²) in [5, 5.41) is 0. The Hall–Kier alpha value is -2.74. The average molecular weight is 401 g/mol. The highest BCUT2D eigenvalue weighted by atomic mass is 32.2. The van der Waals surface area contributed by atoms with Gasteiger partial charge in [-0.25, -0.2) is 8.42 Å². The molecule has 28 heavy (non-hydrogen) atoms. The molecule has 7 nitrogen and oxygen atoms in total. The second-order valence-electron chi connectivity index (χ2n) is 6.85. The minimum atomic E-state index is -3.16. The Bertz CT molecular complexity index is 952. The Morgan fingerprint density at radius 1 is 1.00 bits per heavy atom. The van der Waals surface area contributed by atoms with Crippen molar-refractivity contribution in [2.24, 2.45) is 0 Å². The fourth-order valence-electron chi connectivity index (χ4n) is 3.12. The summed E-state index contributed by atoms with van der Waals surface area (Å²) in [5.74, 6) is -0.415. The lowest BCUT2D eigenvalue weighted by Gasteiger charge is -2.35. The molecule has 1 aliphatic rings. The number of nitrogens with zero attached hydrogens (tertiary/aromatic N) is 3. The van der Waals surface area contributed by atoms with Gasteiger partial charge in [-0.2, -0.15) is 0 Å². The largest absolute Gasteiger partial charge is 0.339 e. The lowest BCUT2D eigenvalue weighted by atomic mass is 10.1. The number of carbonyl (C=O) groups is 2. The van der Waals surface area contributed by atoms with Crippen LogP contribution in [0.5, 0.6) is 0 Å². The molecule has 0 unspecified atom stereocenters. The van der Waals surface area contributed by atoms with Gasteiger partial charge in [0.15, 0.2) is 0 Å². The SMILES string of the molecule is CS(=O)(=O)CCC(=O)N1CCN(C(=O)c2cccc(-c3ccccn3)c2)CC1. The molecule has 0 radical (unpaired) electrons. The number of sulfone groups is 1. The maximum Gasteiger partial charge on any atom is 0.253 e. The summed E-state index contributed by atoms with van der Waals surface area (Å²) < 4.78 is 22.4. The van der Waals surface area contributed by atoms with Gasteiger partial charge in [-0.1, -0.05) is 18.2 Å². The van der Waals surface area contributed by atoms with Gasteiger partial charge in [0, 0.05) is 56.2 Å². The van der Waals surface area contributed by atoms with Crippen LogP contribution in [0, 0.1) is 0 Å². The zero-order chi connectivity index (χ0) is 20.1. The van der Waals surface area contributed by atoms with Gasteiger partial charge in [-0.05, 0) is 24.3 Å². The van der Waals surface area contributed by atoms with Crippen molar-refractivity contribution in [2.45, 2.75) is 6.42 Å². The zero-order valence-corrected chi connectivity index (χ0v) is 16.6. The van der Waals surface area contributed by atoms with Gasteiger partial charge in [0.05, 0.1) is 11.4 Å². The van der Waals surface area contributed by atoms with Crippen molar-refractivity contribution in [1.29, 1.82) is 0 Å². The number of amides is 2. The van der Waals surface area contributed by atoms with Gasteiger partial charge in [0.2, 0.25) is 5.91 Å². The smallest absolute Gasteiger partial charge is 0.253 e. The highest BCUT2D eigenvalue weighted by Gasteiger charge is 2.25. The molecule has 148 valence electrons. The summed E-state index contributed by atoms with van der Waals surface area (Å²) in [5.41, 5.74) is 2.26. The number of hydrogen-bond donors (Lipinski definition) is 0. The molecule has 8 heteroatoms. The molecule has 3 rings (SSSR count). The molecular weight excluding hydrogens is 378 g/mol. The fraction of sp³-hybridized carbons (Fsp3) is 0.350. The van der Waals surface area contributed by atoms with Gasteiger partial charge >= 0.3 is 0 Å². The van der Waals surface area contributed by atoms with E-state index >= 15 is 0 Å². The van der Waals surface area contributed by atoms with Crippen LogP contribution in [0.4, 0.5) is 0 Å². The maximum atomic E-state index is 12.8. The molecule has 2 heterocycles. The normalized spacial score (nSPS) is 14.8. The van der Waals surface area contributed by atoms with Crippen LogP contribution >= 0.6 is 0 Å². The van der Waals surface area contributed by atoms with Crippen LogP contribution in [0.1, 0.15) is 16.8 Å². The summed E-state index contributed by atoms with van der Waals surface area (Å²) in [4.78, 5) is 32.6. The molecule has 0 bridgehead atoms. The van der Waals surface area contributed by atoms with E-state index in [1.807, 2.05) is 36.4 Å². The molecule has 0 spiro atoms. The number of rotatable bonds is 5. The molecule has 0 saturated carbocycles. The standard InChI is InChI=1S/C20H23N3O4S/c1-28(26,27)14-8-19(24)22-10-12-23(13-11-22)20(25)17-6-4-5-16(15-17)18-7-2-3-9-21-18/h2-7,9,15H,8,10-14H2,1H3. The molecule has 1 saturated heterocycles. The van der Waals surface area contributed by atoms with Crippen LogP contribution in [0.25, 0.3) is 11.3 Å². The van der Waals surface area contributed by atoms with Gasteiger partial charge in [0.25, 0.3) is 5.91 Å². The maximum absolute atomic E-state index is 12.8. The average Bonchev–Trinajstić information content (AvgIpc) is 2.72. The van der Waals surface area contributed by atoms with Gasteiger partial charge in [-0.15, -0.1) is 0 Å². The summed E-state index contributed by atoms with van der Waals surface area (Å²) in [6.07, 6.45) is 2.82. The summed E-state index contributed by atoms with van der Waals surface area (Å²) in [7, 11) is -3.16. The van der Waals surface area contributed by atoms with Crippen LogP contribution < -0.4 is 0 Å². The van der Waals surface area contributed by atoms with Crippen molar-refractivity contribution < 1.29 is 18.0 Å². The molecule has 2 aromatic rings. The van der Waals surface area contributed by atoms with E-state index in [9.17, 15) is 18.0 Å². The van der Waals surface area contributed by atoms with Crippen LogP contribution in [0.3, 0.4) is 0 Å². The first-order valence-electron chi connectivity index (χ1n) is 9.10. The number of piperazine rings is 1. The van der Waals surface area contributed by atoms with Crippen molar-refractivity contribution in [2.75, 3.05) is 38.2 Å². The van der Waals surface area contributed by atoms with E-state index in [2.05, 4.69) is 4.98 Å². The third-order valence-corrected chi connectivity index (χ3v) is 5.62. The molecule has 1 aliphatic heterocycles. The third kappa shape index (κ3) is 5.16. The molecule has 1 aromatic carbocycles. The lowest BCUT2D eigenvalue weighted by Crippen LogP contribution is -2.50. The predicted molar refractivity (Wildman–Crippen MR) is 106 cm³/mol. The first-order chi connectivity index (χ1) is 13.3. The zero-order valence-electron chi connectivity index (χ0n) is 15.7. The van der Waals surface area contributed by atoms with Crippen molar-refractivity contribution in [1.82, 2.24) is 14.8 Å². The lowest BCUT2D eigenvalue weighted by molar-refractivity contribution is -0.132.